The third-order valence-electron chi connectivity index (χ3n) is 2.39. The van der Waals surface area contributed by atoms with Crippen LogP contribution in [0.5, 0.6) is 0 Å². The monoisotopic (exact) mass is 249 g/mol. The molecular formula is C10H8FN5S. The Morgan fingerprint density at radius 3 is 2.88 bits per heavy atom. The lowest BCUT2D eigenvalue weighted by atomic mass is 10.2. The van der Waals surface area contributed by atoms with Crippen molar-refractivity contribution in [1.29, 1.82) is 0 Å². The van der Waals surface area contributed by atoms with Crippen molar-refractivity contribution in [1.82, 2.24) is 19.8 Å². The van der Waals surface area contributed by atoms with Gasteiger partial charge in [0.2, 0.25) is 4.96 Å². The zero-order valence-electron chi connectivity index (χ0n) is 8.88. The predicted octanol–water partition coefficient (Wildman–Crippen LogP) is 1.88. The lowest BCUT2D eigenvalue weighted by Crippen LogP contribution is -1.91. The fraction of sp³-hybridized carbons (Fsp3) is 0.100. The van der Waals surface area contributed by atoms with Crippen LogP contribution in [0.15, 0.2) is 18.2 Å². The van der Waals surface area contributed by atoms with Crippen LogP contribution in [0.4, 0.5) is 10.1 Å². The molecule has 2 aromatic heterocycles. The molecule has 0 aliphatic rings. The molecule has 0 saturated carbocycles. The van der Waals surface area contributed by atoms with Crippen molar-refractivity contribution in [3.8, 4) is 10.6 Å². The molecule has 3 rings (SSSR count). The Morgan fingerprint density at radius 2 is 2.18 bits per heavy atom. The molecule has 2 heterocycles. The predicted molar refractivity (Wildman–Crippen MR) is 63.2 cm³/mol. The van der Waals surface area contributed by atoms with E-state index < -0.39 is 5.82 Å². The highest BCUT2D eigenvalue weighted by Crippen LogP contribution is 2.27. The number of hydrogen-bond acceptors (Lipinski definition) is 5. The maximum Gasteiger partial charge on any atom is 0.234 e. The number of rotatable bonds is 1. The average molecular weight is 249 g/mol. The zero-order chi connectivity index (χ0) is 12.0. The van der Waals surface area contributed by atoms with Crippen LogP contribution < -0.4 is 5.73 Å². The molecule has 86 valence electrons. The zero-order valence-corrected chi connectivity index (χ0v) is 9.70. The number of aromatic nitrogens is 4. The van der Waals surface area contributed by atoms with Gasteiger partial charge in [-0.2, -0.15) is 9.61 Å². The van der Waals surface area contributed by atoms with Crippen molar-refractivity contribution in [2.75, 3.05) is 5.73 Å². The number of fused-ring (bicyclic) bond motifs is 1. The molecule has 0 atom stereocenters. The van der Waals surface area contributed by atoms with Crippen molar-refractivity contribution in [3.63, 3.8) is 0 Å². The van der Waals surface area contributed by atoms with Gasteiger partial charge in [-0.15, -0.1) is 10.2 Å². The number of nitrogens with two attached hydrogens (primary N) is 1. The van der Waals surface area contributed by atoms with Crippen molar-refractivity contribution >= 4 is 22.0 Å². The number of nitrogens with zero attached hydrogens (tertiary/aromatic N) is 4. The van der Waals surface area contributed by atoms with Crippen molar-refractivity contribution in [2.24, 2.45) is 0 Å². The smallest absolute Gasteiger partial charge is 0.234 e. The Labute approximate surface area is 99.7 Å². The van der Waals surface area contributed by atoms with Crippen LogP contribution in [0.25, 0.3) is 15.5 Å². The van der Waals surface area contributed by atoms with Crippen LogP contribution >= 0.6 is 11.3 Å². The summed E-state index contributed by atoms with van der Waals surface area (Å²) >= 11 is 1.36. The van der Waals surface area contributed by atoms with Crippen molar-refractivity contribution in [2.45, 2.75) is 6.92 Å². The average Bonchev–Trinajstić information content (AvgIpc) is 2.86. The Balaban J connectivity index is 2.16. The maximum absolute atomic E-state index is 13.3. The highest BCUT2D eigenvalue weighted by molar-refractivity contribution is 7.19. The normalized spacial score (nSPS) is 11.2. The highest BCUT2D eigenvalue weighted by Gasteiger charge is 2.11. The standard InChI is InChI=1S/C10H8FN5S/c1-5-13-14-10-16(5)15-9(17-10)6-2-3-8(12)7(11)4-6/h2-4H,12H2,1H3. The molecule has 0 bridgehead atoms. The third kappa shape index (κ3) is 1.55. The number of anilines is 1. The molecule has 0 aliphatic carbocycles. The van der Waals surface area contributed by atoms with Gasteiger partial charge in [0, 0.05) is 5.56 Å². The summed E-state index contributed by atoms with van der Waals surface area (Å²) in [6.45, 7) is 1.81. The molecule has 3 aromatic rings. The number of halogens is 1. The van der Waals surface area contributed by atoms with Crippen LogP contribution in [0.1, 0.15) is 5.82 Å². The number of hydrogen-bond donors (Lipinski definition) is 1. The summed E-state index contributed by atoms with van der Waals surface area (Å²) in [6, 6.07) is 4.63. The van der Waals surface area contributed by atoms with Crippen LogP contribution in [0, 0.1) is 12.7 Å². The summed E-state index contributed by atoms with van der Waals surface area (Å²) < 4.78 is 15.0. The summed E-state index contributed by atoms with van der Waals surface area (Å²) in [5.41, 5.74) is 6.25. The minimum Gasteiger partial charge on any atom is -0.396 e. The SMILES string of the molecule is Cc1nnc2sc(-c3ccc(N)c(F)c3)nn12. The number of nitrogen functional groups attached to an aromatic ring is 1. The number of benzene rings is 1. The van der Waals surface area contributed by atoms with Crippen LogP contribution in [-0.4, -0.2) is 19.8 Å². The van der Waals surface area contributed by atoms with Gasteiger partial charge in [0.1, 0.15) is 10.8 Å². The largest absolute Gasteiger partial charge is 0.396 e. The minimum atomic E-state index is -0.440. The first-order chi connectivity index (χ1) is 8.15. The van der Waals surface area contributed by atoms with Crippen LogP contribution in [0.2, 0.25) is 0 Å². The molecule has 2 N–H and O–H groups in total. The van der Waals surface area contributed by atoms with E-state index in [0.717, 1.165) is 0 Å². The Morgan fingerprint density at radius 1 is 1.35 bits per heavy atom. The van der Waals surface area contributed by atoms with Gasteiger partial charge < -0.3 is 5.73 Å². The van der Waals surface area contributed by atoms with E-state index in [1.54, 1.807) is 10.6 Å². The fourth-order valence-corrected chi connectivity index (χ4v) is 2.37. The first-order valence-corrected chi connectivity index (χ1v) is 5.71. The second kappa shape index (κ2) is 3.49. The summed E-state index contributed by atoms with van der Waals surface area (Å²) in [4.78, 5) is 0.690. The van der Waals surface area contributed by atoms with E-state index in [9.17, 15) is 4.39 Å². The van der Waals surface area contributed by atoms with Crippen LogP contribution in [-0.2, 0) is 0 Å². The quantitative estimate of drug-likeness (QED) is 0.668. The van der Waals surface area contributed by atoms with Gasteiger partial charge in [0.15, 0.2) is 5.82 Å². The van der Waals surface area contributed by atoms with Crippen LogP contribution in [0.3, 0.4) is 0 Å². The van der Waals surface area contributed by atoms with Gasteiger partial charge in [-0.05, 0) is 25.1 Å². The minimum absolute atomic E-state index is 0.132. The van der Waals surface area contributed by atoms with Gasteiger partial charge >= 0.3 is 0 Å². The molecule has 17 heavy (non-hydrogen) atoms. The highest BCUT2D eigenvalue weighted by atomic mass is 32.1. The van der Waals surface area contributed by atoms with Gasteiger partial charge in [0.05, 0.1) is 5.69 Å². The second-order valence-corrected chi connectivity index (χ2v) is 4.54. The molecule has 1 aromatic carbocycles. The van der Waals surface area contributed by atoms with E-state index in [4.69, 9.17) is 5.73 Å². The molecular weight excluding hydrogens is 241 g/mol. The van der Waals surface area contributed by atoms with Gasteiger partial charge in [-0.1, -0.05) is 11.3 Å². The third-order valence-corrected chi connectivity index (χ3v) is 3.34. The Hall–Kier alpha value is -2.02. The molecule has 5 nitrogen and oxygen atoms in total. The summed E-state index contributed by atoms with van der Waals surface area (Å²) in [5, 5.41) is 12.9. The second-order valence-electron chi connectivity index (χ2n) is 3.59. The van der Waals surface area contributed by atoms with E-state index in [-0.39, 0.29) is 5.69 Å². The molecule has 0 radical (unpaired) electrons. The first-order valence-electron chi connectivity index (χ1n) is 4.89. The molecule has 0 saturated heterocycles. The van der Waals surface area contributed by atoms with Crippen molar-refractivity contribution in [3.05, 3.63) is 29.8 Å². The summed E-state index contributed by atoms with van der Waals surface area (Å²) in [6.07, 6.45) is 0. The van der Waals surface area contributed by atoms with Gasteiger partial charge in [-0.3, -0.25) is 0 Å². The van der Waals surface area contributed by atoms with Gasteiger partial charge in [-0.25, -0.2) is 4.39 Å². The Kier molecular flexibility index (Phi) is 2.08. The molecule has 7 heteroatoms. The molecule has 0 unspecified atom stereocenters. The van der Waals surface area contributed by atoms with E-state index in [1.165, 1.54) is 23.5 Å². The van der Waals surface area contributed by atoms with E-state index in [1.807, 2.05) is 6.92 Å². The molecule has 0 amide bonds. The summed E-state index contributed by atoms with van der Waals surface area (Å²) in [5.74, 6) is 0.267. The lowest BCUT2D eigenvalue weighted by molar-refractivity contribution is 0.633. The first kappa shape index (κ1) is 10.2. The lowest BCUT2D eigenvalue weighted by Gasteiger charge is -1.98. The Bertz CT molecular complexity index is 702. The van der Waals surface area contributed by atoms with Crippen molar-refractivity contribution < 1.29 is 4.39 Å². The number of aryl methyl sites for hydroxylation is 1. The van der Waals surface area contributed by atoms with Gasteiger partial charge in [0.25, 0.3) is 0 Å². The van der Waals surface area contributed by atoms with E-state index in [0.29, 0.717) is 21.4 Å². The molecule has 0 aliphatic heterocycles. The summed E-state index contributed by atoms with van der Waals surface area (Å²) in [7, 11) is 0. The fourth-order valence-electron chi connectivity index (χ4n) is 1.49. The topological polar surface area (TPSA) is 69.1 Å². The maximum atomic E-state index is 13.3. The molecule has 0 fully saturated rings. The van der Waals surface area contributed by atoms with E-state index in [2.05, 4.69) is 15.3 Å². The molecule has 0 spiro atoms. The van der Waals surface area contributed by atoms with E-state index >= 15 is 0 Å².